The molecule has 7 nitrogen and oxygen atoms in total. The van der Waals surface area contributed by atoms with E-state index in [1.54, 1.807) is 55.5 Å². The van der Waals surface area contributed by atoms with E-state index in [-0.39, 0.29) is 24.3 Å². The maximum absolute atomic E-state index is 12.6. The van der Waals surface area contributed by atoms with Gasteiger partial charge < -0.3 is 9.47 Å². The van der Waals surface area contributed by atoms with E-state index < -0.39 is 27.4 Å². The normalized spacial score (nSPS) is 10.8. The Kier molecular flexibility index (Phi) is 9.44. The van der Waals surface area contributed by atoms with Crippen molar-refractivity contribution < 1.29 is 27.5 Å². The van der Waals surface area contributed by atoms with Crippen LogP contribution in [0.25, 0.3) is 0 Å². The summed E-state index contributed by atoms with van der Waals surface area (Å²) < 4.78 is 37.5. The Morgan fingerprint density at radius 3 is 2.12 bits per heavy atom. The molecule has 0 unspecified atom stereocenters. The van der Waals surface area contributed by atoms with Gasteiger partial charge in [0.25, 0.3) is 0 Å². The number of ether oxygens (including phenoxy) is 2. The lowest BCUT2D eigenvalue weighted by molar-refractivity contribution is -0.168. The largest absolute Gasteiger partial charge is 0.468 e. The predicted molar refractivity (Wildman–Crippen MR) is 128 cm³/mol. The van der Waals surface area contributed by atoms with Crippen LogP contribution in [0.2, 0.25) is 0 Å². The van der Waals surface area contributed by atoms with Crippen LogP contribution in [0, 0.1) is 36.0 Å². The van der Waals surface area contributed by atoms with Gasteiger partial charge in [-0.25, -0.2) is 13.1 Å². The summed E-state index contributed by atoms with van der Waals surface area (Å²) in [6, 6.07) is 13.6. The Morgan fingerprint density at radius 2 is 1.53 bits per heavy atom. The van der Waals surface area contributed by atoms with Gasteiger partial charge in [0.1, 0.15) is 0 Å². The van der Waals surface area contributed by atoms with Gasteiger partial charge in [0.2, 0.25) is 10.0 Å². The molecule has 0 atom stereocenters. The summed E-state index contributed by atoms with van der Waals surface area (Å²) in [5.41, 5.74) is 0.473. The maximum Gasteiger partial charge on any atom is 0.325 e. The summed E-state index contributed by atoms with van der Waals surface area (Å²) in [4.78, 5) is 25.1. The van der Waals surface area contributed by atoms with E-state index in [1.807, 2.05) is 6.92 Å². The van der Waals surface area contributed by atoms with Crippen molar-refractivity contribution in [2.45, 2.75) is 38.1 Å². The third-order valence-corrected chi connectivity index (χ3v) is 6.55. The lowest BCUT2D eigenvalue weighted by atomic mass is 9.81. The minimum Gasteiger partial charge on any atom is -0.468 e. The highest BCUT2D eigenvalue weighted by molar-refractivity contribution is 7.89. The molecule has 2 rings (SSSR count). The number of rotatable bonds is 8. The second-order valence-electron chi connectivity index (χ2n) is 7.44. The van der Waals surface area contributed by atoms with Crippen molar-refractivity contribution in [3.05, 3.63) is 65.2 Å². The molecule has 34 heavy (non-hydrogen) atoms. The van der Waals surface area contributed by atoms with Crippen LogP contribution in [-0.4, -0.2) is 34.6 Å². The maximum atomic E-state index is 12.6. The molecule has 0 heterocycles. The number of esters is 2. The van der Waals surface area contributed by atoms with E-state index in [1.165, 1.54) is 14.2 Å². The van der Waals surface area contributed by atoms with Gasteiger partial charge in [-0.2, -0.15) is 0 Å². The van der Waals surface area contributed by atoms with Crippen LogP contribution in [0.3, 0.4) is 0 Å². The zero-order valence-corrected chi connectivity index (χ0v) is 20.4. The first-order chi connectivity index (χ1) is 16.2. The Hall–Kier alpha value is -3.59. The number of methoxy groups -OCH3 is 2. The Morgan fingerprint density at radius 1 is 0.941 bits per heavy atom. The Labute approximate surface area is 200 Å². The molecule has 0 saturated heterocycles. The molecule has 0 spiro atoms. The van der Waals surface area contributed by atoms with Gasteiger partial charge in [-0.1, -0.05) is 47.7 Å². The summed E-state index contributed by atoms with van der Waals surface area (Å²) >= 11 is 0. The summed E-state index contributed by atoms with van der Waals surface area (Å²) in [7, 11) is -1.35. The third kappa shape index (κ3) is 6.48. The molecule has 1 N–H and O–H groups in total. The van der Waals surface area contributed by atoms with Gasteiger partial charge in [0.05, 0.1) is 19.1 Å². The van der Waals surface area contributed by atoms with Gasteiger partial charge in [-0.15, -0.1) is 11.8 Å². The lowest BCUT2D eigenvalue weighted by Gasteiger charge is -2.23. The first-order valence-electron chi connectivity index (χ1n) is 10.4. The number of aryl methyl sites for hydroxylation is 1. The fraction of sp³-hybridized carbons (Fsp3) is 0.308. The minimum absolute atomic E-state index is 0.0154. The Bertz CT molecular complexity index is 1240. The molecule has 0 bridgehead atoms. The van der Waals surface area contributed by atoms with Gasteiger partial charge in [-0.05, 0) is 37.6 Å². The van der Waals surface area contributed by atoms with Crippen molar-refractivity contribution in [2.24, 2.45) is 5.41 Å². The third-order valence-electron chi connectivity index (χ3n) is 5.13. The molecule has 0 aromatic heterocycles. The second-order valence-corrected chi connectivity index (χ2v) is 9.21. The van der Waals surface area contributed by atoms with Crippen molar-refractivity contribution in [2.75, 3.05) is 14.2 Å². The number of carbonyl (C=O) groups is 2. The number of nitrogens with one attached hydrogen (secondary N) is 1. The molecule has 0 aliphatic heterocycles. The van der Waals surface area contributed by atoms with Crippen LogP contribution in [0.4, 0.5) is 0 Å². The van der Waals surface area contributed by atoms with Crippen molar-refractivity contribution in [3.63, 3.8) is 0 Å². The van der Waals surface area contributed by atoms with Crippen LogP contribution in [0.5, 0.6) is 0 Å². The predicted octanol–water partition coefficient (Wildman–Crippen LogP) is 2.96. The van der Waals surface area contributed by atoms with E-state index in [2.05, 4.69) is 28.4 Å². The number of hydrogen-bond acceptors (Lipinski definition) is 6. The monoisotopic (exact) mass is 481 g/mol. The van der Waals surface area contributed by atoms with Crippen LogP contribution in [0.1, 0.15) is 36.5 Å². The fourth-order valence-corrected chi connectivity index (χ4v) is 4.13. The van der Waals surface area contributed by atoms with Crippen LogP contribution < -0.4 is 4.72 Å². The SMILES string of the molecule is CC#CCC(CC#Cc1ccccc1CNS(=O)(=O)c1ccc(C)cc1)(C(=O)OC)C(=O)OC. The molecule has 0 amide bonds. The zero-order valence-electron chi connectivity index (χ0n) is 19.6. The van der Waals surface area contributed by atoms with Gasteiger partial charge >= 0.3 is 11.9 Å². The van der Waals surface area contributed by atoms with E-state index in [0.717, 1.165) is 5.56 Å². The minimum atomic E-state index is -3.71. The average Bonchev–Trinajstić information content (AvgIpc) is 2.84. The molecule has 0 fully saturated rings. The van der Waals surface area contributed by atoms with Crippen LogP contribution >= 0.6 is 0 Å². The molecular weight excluding hydrogens is 454 g/mol. The van der Waals surface area contributed by atoms with E-state index in [4.69, 9.17) is 9.47 Å². The van der Waals surface area contributed by atoms with Crippen LogP contribution in [0.15, 0.2) is 53.4 Å². The van der Waals surface area contributed by atoms with E-state index >= 15 is 0 Å². The molecule has 2 aromatic rings. The van der Waals surface area contributed by atoms with Crippen LogP contribution in [-0.2, 0) is 35.6 Å². The van der Waals surface area contributed by atoms with Crippen molar-refractivity contribution >= 4 is 22.0 Å². The standard InChI is InChI=1S/C26H27NO6S/c1-5-6-17-26(24(28)32-3,25(29)33-4)18-9-12-21-10-7-8-11-22(21)19-27-34(30,31)23-15-13-20(2)14-16-23/h7-8,10-11,13-16,27H,17-19H2,1-4H3. The second kappa shape index (κ2) is 12.0. The topological polar surface area (TPSA) is 98.8 Å². The summed E-state index contributed by atoms with van der Waals surface area (Å²) in [6.45, 7) is 3.49. The molecule has 178 valence electrons. The first-order valence-corrected chi connectivity index (χ1v) is 11.9. The smallest absolute Gasteiger partial charge is 0.325 e. The molecule has 0 radical (unpaired) electrons. The fourth-order valence-electron chi connectivity index (χ4n) is 3.12. The van der Waals surface area contributed by atoms with E-state index in [0.29, 0.717) is 11.1 Å². The Balaban J connectivity index is 2.29. The molecule has 0 aliphatic carbocycles. The zero-order chi connectivity index (χ0) is 25.2. The van der Waals surface area contributed by atoms with Crippen molar-refractivity contribution in [1.29, 1.82) is 0 Å². The highest BCUT2D eigenvalue weighted by Crippen LogP contribution is 2.30. The average molecular weight is 482 g/mol. The number of hydrogen-bond donors (Lipinski definition) is 1. The number of benzene rings is 2. The summed E-state index contributed by atoms with van der Waals surface area (Å²) in [6.07, 6.45) is -0.278. The quantitative estimate of drug-likeness (QED) is 0.354. The van der Waals surface area contributed by atoms with Crippen molar-refractivity contribution in [3.8, 4) is 23.7 Å². The highest BCUT2D eigenvalue weighted by atomic mass is 32.2. The van der Waals surface area contributed by atoms with E-state index in [9.17, 15) is 18.0 Å². The molecular formula is C26H27NO6S. The van der Waals surface area contributed by atoms with Gasteiger partial charge in [0, 0.05) is 24.9 Å². The van der Waals surface area contributed by atoms with Crippen molar-refractivity contribution in [1.82, 2.24) is 4.72 Å². The first kappa shape index (κ1) is 26.7. The summed E-state index contributed by atoms with van der Waals surface area (Å²) in [5, 5.41) is 0. The number of sulfonamides is 1. The summed E-state index contributed by atoms with van der Waals surface area (Å²) in [5.74, 6) is 9.64. The highest BCUT2D eigenvalue weighted by Gasteiger charge is 2.47. The van der Waals surface area contributed by atoms with Gasteiger partial charge in [0.15, 0.2) is 5.41 Å². The lowest BCUT2D eigenvalue weighted by Crippen LogP contribution is -2.40. The molecule has 0 saturated carbocycles. The molecule has 8 heteroatoms. The van der Waals surface area contributed by atoms with Gasteiger partial charge in [-0.3, -0.25) is 9.59 Å². The number of carbonyl (C=O) groups excluding carboxylic acids is 2. The molecule has 2 aromatic carbocycles. The molecule has 0 aliphatic rings.